The first-order valence-electron chi connectivity index (χ1n) is 2.28. The van der Waals surface area contributed by atoms with Crippen LogP contribution in [-0.2, 0) is 0 Å². The summed E-state index contributed by atoms with van der Waals surface area (Å²) in [5.41, 5.74) is 1.52. The number of rotatable bonds is 3. The molecule has 0 saturated heterocycles. The summed E-state index contributed by atoms with van der Waals surface area (Å²) in [6, 6.07) is 0. The summed E-state index contributed by atoms with van der Waals surface area (Å²) in [5, 5.41) is 0. The lowest BCUT2D eigenvalue weighted by Gasteiger charge is -2.20. The molecule has 0 aliphatic carbocycles. The summed E-state index contributed by atoms with van der Waals surface area (Å²) < 4.78 is 11.8. The molecule has 1 unspecified atom stereocenters. The molecule has 0 saturated carbocycles. The van der Waals surface area contributed by atoms with Crippen molar-refractivity contribution in [3.8, 4) is 0 Å². The quantitative estimate of drug-likeness (QED) is 0.339. The van der Waals surface area contributed by atoms with Crippen molar-refractivity contribution in [1.82, 2.24) is 5.43 Å². The number of nitrogens with two attached hydrogens (primary N) is 1. The van der Waals surface area contributed by atoms with Crippen molar-refractivity contribution in [2.45, 2.75) is 12.5 Å². The van der Waals surface area contributed by atoms with Gasteiger partial charge in [-0.05, 0) is 6.92 Å². The molecular formula is C4H10ClFN2. The normalized spacial score (nSPS) is 18.0. The maximum atomic E-state index is 11.8. The summed E-state index contributed by atoms with van der Waals surface area (Å²) in [7, 11) is 0. The van der Waals surface area contributed by atoms with Gasteiger partial charge in [-0.15, -0.1) is 11.6 Å². The molecule has 0 aromatic carbocycles. The number of halogens is 2. The molecule has 0 heterocycles. The minimum atomic E-state index is -0.748. The maximum absolute atomic E-state index is 11.8. The van der Waals surface area contributed by atoms with E-state index in [4.69, 9.17) is 17.4 Å². The van der Waals surface area contributed by atoms with Crippen LogP contribution in [0, 0.1) is 0 Å². The van der Waals surface area contributed by atoms with Crippen LogP contribution < -0.4 is 11.3 Å². The number of hydrogen-bond donors (Lipinski definition) is 2. The zero-order valence-corrected chi connectivity index (χ0v) is 5.50. The summed E-state index contributed by atoms with van der Waals surface area (Å²) in [6.07, 6.45) is 0. The second kappa shape index (κ2) is 3.22. The van der Waals surface area contributed by atoms with E-state index in [0.29, 0.717) is 0 Å². The van der Waals surface area contributed by atoms with Crippen molar-refractivity contribution in [2.24, 2.45) is 5.84 Å². The highest BCUT2D eigenvalue weighted by atomic mass is 35.5. The zero-order valence-electron chi connectivity index (χ0n) is 4.75. The van der Waals surface area contributed by atoms with Gasteiger partial charge < -0.3 is 0 Å². The van der Waals surface area contributed by atoms with E-state index in [0.717, 1.165) is 0 Å². The fourth-order valence-electron chi connectivity index (χ4n) is 0.113. The molecule has 0 amide bonds. The lowest BCUT2D eigenvalue weighted by atomic mass is 10.1. The van der Waals surface area contributed by atoms with Crippen molar-refractivity contribution >= 4 is 11.6 Å². The Morgan fingerprint density at radius 3 is 2.38 bits per heavy atom. The van der Waals surface area contributed by atoms with Crippen LogP contribution in [-0.4, -0.2) is 18.1 Å². The summed E-state index contributed by atoms with van der Waals surface area (Å²) in [5.74, 6) is 5.13. The van der Waals surface area contributed by atoms with E-state index < -0.39 is 12.2 Å². The Hall–Kier alpha value is 0.140. The highest BCUT2D eigenvalue weighted by Crippen LogP contribution is 2.03. The molecule has 0 fully saturated rings. The van der Waals surface area contributed by atoms with Crippen LogP contribution in [0.25, 0.3) is 0 Å². The Balaban J connectivity index is 3.58. The number of hydrazine groups is 1. The Morgan fingerprint density at radius 2 is 2.38 bits per heavy atom. The third kappa shape index (κ3) is 1.94. The first-order chi connectivity index (χ1) is 3.68. The van der Waals surface area contributed by atoms with Crippen molar-refractivity contribution in [1.29, 1.82) is 0 Å². The van der Waals surface area contributed by atoms with Crippen molar-refractivity contribution < 1.29 is 4.39 Å². The SMILES string of the molecule is CC(CF)(CCl)NN. The lowest BCUT2D eigenvalue weighted by molar-refractivity contribution is 0.296. The number of alkyl halides is 2. The molecule has 2 nitrogen and oxygen atoms in total. The van der Waals surface area contributed by atoms with Gasteiger partial charge in [-0.1, -0.05) is 0 Å². The fourth-order valence-corrected chi connectivity index (χ4v) is 0.261. The predicted octanol–water partition coefficient (Wildman–Crippen LogP) is 0.417. The van der Waals surface area contributed by atoms with E-state index in [1.54, 1.807) is 6.92 Å². The van der Waals surface area contributed by atoms with Gasteiger partial charge in [0.1, 0.15) is 6.67 Å². The van der Waals surface area contributed by atoms with Crippen LogP contribution in [0.4, 0.5) is 4.39 Å². The molecule has 0 bridgehead atoms. The third-order valence-electron chi connectivity index (χ3n) is 0.938. The molecule has 50 valence electrons. The average molecular weight is 141 g/mol. The number of hydrogen-bond acceptors (Lipinski definition) is 2. The van der Waals surface area contributed by atoms with Crippen LogP contribution >= 0.6 is 11.6 Å². The first kappa shape index (κ1) is 8.14. The minimum Gasteiger partial charge on any atom is -0.271 e. The highest BCUT2D eigenvalue weighted by molar-refractivity contribution is 6.18. The van der Waals surface area contributed by atoms with Gasteiger partial charge in [0.05, 0.1) is 5.54 Å². The average Bonchev–Trinajstić information content (AvgIpc) is 1.87. The van der Waals surface area contributed by atoms with Gasteiger partial charge in [-0.3, -0.25) is 11.3 Å². The molecule has 0 aromatic heterocycles. The summed E-state index contributed by atoms with van der Waals surface area (Å²) in [4.78, 5) is 0. The van der Waals surface area contributed by atoms with E-state index in [1.807, 2.05) is 0 Å². The number of nitrogens with one attached hydrogen (secondary N) is 1. The van der Waals surface area contributed by atoms with Crippen LogP contribution in [0.2, 0.25) is 0 Å². The Bertz CT molecular complexity index is 56.8. The molecule has 0 radical (unpaired) electrons. The van der Waals surface area contributed by atoms with Gasteiger partial charge in [0.2, 0.25) is 0 Å². The molecule has 0 aromatic rings. The molecule has 0 aliphatic heterocycles. The highest BCUT2D eigenvalue weighted by Gasteiger charge is 2.19. The fraction of sp³-hybridized carbons (Fsp3) is 1.00. The van der Waals surface area contributed by atoms with Crippen LogP contribution in [0.3, 0.4) is 0 Å². The van der Waals surface area contributed by atoms with E-state index in [-0.39, 0.29) is 5.88 Å². The van der Waals surface area contributed by atoms with E-state index in [1.165, 1.54) is 0 Å². The smallest absolute Gasteiger partial charge is 0.110 e. The largest absolute Gasteiger partial charge is 0.271 e. The Labute approximate surface area is 53.2 Å². The molecule has 0 aliphatic rings. The summed E-state index contributed by atoms with van der Waals surface area (Å²) in [6.45, 7) is 1.06. The molecule has 1 atom stereocenters. The maximum Gasteiger partial charge on any atom is 0.110 e. The molecule has 3 N–H and O–H groups in total. The first-order valence-corrected chi connectivity index (χ1v) is 2.81. The predicted molar refractivity (Wildman–Crippen MR) is 32.4 cm³/mol. The Morgan fingerprint density at radius 1 is 1.88 bits per heavy atom. The lowest BCUT2D eigenvalue weighted by Crippen LogP contribution is -2.50. The zero-order chi connectivity index (χ0) is 6.62. The molecule has 4 heteroatoms. The van der Waals surface area contributed by atoms with E-state index in [9.17, 15) is 4.39 Å². The van der Waals surface area contributed by atoms with Crippen LogP contribution in [0.5, 0.6) is 0 Å². The van der Waals surface area contributed by atoms with Crippen molar-refractivity contribution in [2.75, 3.05) is 12.6 Å². The summed E-state index contributed by atoms with van der Waals surface area (Å²) >= 11 is 5.33. The molecule has 0 spiro atoms. The second-order valence-electron chi connectivity index (χ2n) is 1.97. The Kier molecular flexibility index (Phi) is 3.28. The van der Waals surface area contributed by atoms with Crippen molar-refractivity contribution in [3.63, 3.8) is 0 Å². The standard InChI is InChI=1S/C4H10ClFN2/c1-4(2-5,3-6)8-7/h8H,2-3,7H2,1H3. The molecular weight excluding hydrogens is 131 g/mol. The van der Waals surface area contributed by atoms with Gasteiger partial charge in [-0.25, -0.2) is 4.39 Å². The third-order valence-corrected chi connectivity index (χ3v) is 1.53. The van der Waals surface area contributed by atoms with Gasteiger partial charge in [0, 0.05) is 5.88 Å². The van der Waals surface area contributed by atoms with Crippen molar-refractivity contribution in [3.05, 3.63) is 0 Å². The van der Waals surface area contributed by atoms with Gasteiger partial charge in [0.15, 0.2) is 0 Å². The molecule has 0 rings (SSSR count). The van der Waals surface area contributed by atoms with E-state index >= 15 is 0 Å². The van der Waals surface area contributed by atoms with Gasteiger partial charge in [0.25, 0.3) is 0 Å². The van der Waals surface area contributed by atoms with E-state index in [2.05, 4.69) is 5.43 Å². The van der Waals surface area contributed by atoms with Crippen LogP contribution in [0.15, 0.2) is 0 Å². The minimum absolute atomic E-state index is 0.181. The topological polar surface area (TPSA) is 38.0 Å². The van der Waals surface area contributed by atoms with Gasteiger partial charge in [-0.2, -0.15) is 0 Å². The van der Waals surface area contributed by atoms with Gasteiger partial charge >= 0.3 is 0 Å². The monoisotopic (exact) mass is 140 g/mol. The second-order valence-corrected chi connectivity index (χ2v) is 2.24. The molecule has 8 heavy (non-hydrogen) atoms. The van der Waals surface area contributed by atoms with Crippen LogP contribution in [0.1, 0.15) is 6.92 Å².